The Morgan fingerprint density at radius 3 is 2.42 bits per heavy atom. The van der Waals surface area contributed by atoms with Crippen LogP contribution in [0.5, 0.6) is 0 Å². The van der Waals surface area contributed by atoms with Crippen LogP contribution in [-0.2, 0) is 6.18 Å². The molecule has 7 heteroatoms. The molecule has 0 radical (unpaired) electrons. The maximum Gasteiger partial charge on any atom is 0.422 e. The minimum absolute atomic E-state index is 0.0270. The van der Waals surface area contributed by atoms with Crippen molar-refractivity contribution in [2.75, 3.05) is 0 Å². The zero-order valence-corrected chi connectivity index (χ0v) is 10.7. The molecule has 19 heavy (non-hydrogen) atoms. The van der Waals surface area contributed by atoms with Crippen LogP contribution in [0.15, 0.2) is 35.3 Å². The third-order valence-electron chi connectivity index (χ3n) is 2.46. The van der Waals surface area contributed by atoms with E-state index in [4.69, 9.17) is 23.2 Å². The van der Waals surface area contributed by atoms with Gasteiger partial charge in [0.1, 0.15) is 5.56 Å². The Labute approximate surface area is 115 Å². The smallest absolute Gasteiger partial charge is 0.360 e. The predicted octanol–water partition coefficient (Wildman–Crippen LogP) is 4.37. The van der Waals surface area contributed by atoms with Crippen LogP contribution in [0.25, 0.3) is 11.3 Å². The third-order valence-corrected chi connectivity index (χ3v) is 3.28. The second-order valence-corrected chi connectivity index (χ2v) is 4.48. The largest absolute Gasteiger partial charge is 0.422 e. The molecule has 0 aliphatic rings. The van der Waals surface area contributed by atoms with E-state index in [2.05, 4.69) is 4.98 Å². The normalized spacial score (nSPS) is 11.6. The Bertz CT molecular complexity index is 679. The van der Waals surface area contributed by atoms with Crippen molar-refractivity contribution in [2.45, 2.75) is 6.18 Å². The minimum atomic E-state index is -4.78. The number of rotatable bonds is 1. The van der Waals surface area contributed by atoms with Crippen LogP contribution in [0.4, 0.5) is 13.2 Å². The van der Waals surface area contributed by atoms with Gasteiger partial charge in [0, 0.05) is 17.8 Å². The molecular formula is C12H6Cl2F3NO. The molecule has 0 aliphatic carbocycles. The summed E-state index contributed by atoms with van der Waals surface area (Å²) in [5.74, 6) is 0. The highest BCUT2D eigenvalue weighted by Crippen LogP contribution is 2.38. The Morgan fingerprint density at radius 2 is 1.79 bits per heavy atom. The topological polar surface area (TPSA) is 32.9 Å². The van der Waals surface area contributed by atoms with Gasteiger partial charge in [0.15, 0.2) is 5.43 Å². The van der Waals surface area contributed by atoms with E-state index >= 15 is 0 Å². The van der Waals surface area contributed by atoms with Crippen molar-refractivity contribution in [3.05, 3.63) is 56.3 Å². The predicted molar refractivity (Wildman–Crippen MR) is 67.5 cm³/mol. The Balaban J connectivity index is 2.81. The van der Waals surface area contributed by atoms with Gasteiger partial charge >= 0.3 is 6.18 Å². The summed E-state index contributed by atoms with van der Waals surface area (Å²) >= 11 is 11.6. The van der Waals surface area contributed by atoms with Crippen LogP contribution >= 0.6 is 23.2 Å². The van der Waals surface area contributed by atoms with Crippen LogP contribution in [0.2, 0.25) is 10.0 Å². The van der Waals surface area contributed by atoms with E-state index in [0.29, 0.717) is 0 Å². The molecule has 2 aromatic rings. The number of hydrogen-bond acceptors (Lipinski definition) is 1. The summed E-state index contributed by atoms with van der Waals surface area (Å²) in [6.07, 6.45) is -3.65. The van der Waals surface area contributed by atoms with E-state index in [-0.39, 0.29) is 15.6 Å². The lowest BCUT2D eigenvalue weighted by molar-refractivity contribution is -0.138. The lowest BCUT2D eigenvalue weighted by Gasteiger charge is -2.13. The fraction of sp³-hybridized carbons (Fsp3) is 0.0833. The Kier molecular flexibility index (Phi) is 3.60. The van der Waals surface area contributed by atoms with Gasteiger partial charge < -0.3 is 4.98 Å². The second kappa shape index (κ2) is 4.90. The van der Waals surface area contributed by atoms with Crippen LogP contribution in [0.1, 0.15) is 5.56 Å². The maximum atomic E-state index is 12.9. The first-order valence-electron chi connectivity index (χ1n) is 5.05. The van der Waals surface area contributed by atoms with E-state index in [9.17, 15) is 18.0 Å². The van der Waals surface area contributed by atoms with E-state index in [0.717, 1.165) is 12.3 Å². The Hall–Kier alpha value is -1.46. The summed E-state index contributed by atoms with van der Waals surface area (Å²) in [5.41, 5.74) is -2.79. The first kappa shape index (κ1) is 14.0. The highest BCUT2D eigenvalue weighted by atomic mass is 35.5. The van der Waals surface area contributed by atoms with E-state index in [1.807, 2.05) is 0 Å². The van der Waals surface area contributed by atoms with Gasteiger partial charge in [-0.05, 0) is 6.07 Å². The molecule has 0 atom stereocenters. The molecule has 0 saturated heterocycles. The van der Waals surface area contributed by atoms with Crippen molar-refractivity contribution in [1.29, 1.82) is 0 Å². The molecule has 1 aromatic heterocycles. The van der Waals surface area contributed by atoms with Crippen molar-refractivity contribution in [1.82, 2.24) is 4.98 Å². The molecule has 2 rings (SSSR count). The summed E-state index contributed by atoms with van der Waals surface area (Å²) in [5, 5.41) is 0.0634. The molecule has 1 aromatic carbocycles. The molecule has 1 heterocycles. The third kappa shape index (κ3) is 2.62. The summed E-state index contributed by atoms with van der Waals surface area (Å²) in [6, 6.07) is 5.07. The summed E-state index contributed by atoms with van der Waals surface area (Å²) in [4.78, 5) is 13.8. The molecule has 1 N–H and O–H groups in total. The molecule has 0 saturated carbocycles. The molecule has 0 unspecified atom stereocenters. The number of halogens is 5. The minimum Gasteiger partial charge on any atom is -0.360 e. The number of benzene rings is 1. The maximum absolute atomic E-state index is 12.9. The van der Waals surface area contributed by atoms with Gasteiger partial charge in [0.2, 0.25) is 0 Å². The number of hydrogen-bond donors (Lipinski definition) is 1. The molecule has 2 nitrogen and oxygen atoms in total. The number of H-pyrrole nitrogens is 1. The van der Waals surface area contributed by atoms with Gasteiger partial charge in [0.25, 0.3) is 0 Å². The van der Waals surface area contributed by atoms with E-state index in [1.54, 1.807) is 0 Å². The molecule has 0 fully saturated rings. The SMILES string of the molecule is O=c1cc[nH]c(-c2cccc(Cl)c2Cl)c1C(F)(F)F. The van der Waals surface area contributed by atoms with Crippen molar-refractivity contribution in [3.63, 3.8) is 0 Å². The van der Waals surface area contributed by atoms with E-state index < -0.39 is 22.9 Å². The molecule has 0 bridgehead atoms. The van der Waals surface area contributed by atoms with Gasteiger partial charge in [-0.15, -0.1) is 0 Å². The summed E-state index contributed by atoms with van der Waals surface area (Å²) in [6.45, 7) is 0. The highest BCUT2D eigenvalue weighted by Gasteiger charge is 2.37. The van der Waals surface area contributed by atoms with Crippen LogP contribution in [0, 0.1) is 0 Å². The Morgan fingerprint density at radius 1 is 1.11 bits per heavy atom. The lowest BCUT2D eigenvalue weighted by atomic mass is 10.1. The second-order valence-electron chi connectivity index (χ2n) is 3.69. The van der Waals surface area contributed by atoms with Crippen molar-refractivity contribution < 1.29 is 13.2 Å². The average Bonchev–Trinajstić information content (AvgIpc) is 2.30. The monoisotopic (exact) mass is 307 g/mol. The van der Waals surface area contributed by atoms with Gasteiger partial charge in [-0.25, -0.2) is 0 Å². The van der Waals surface area contributed by atoms with Gasteiger partial charge in [0.05, 0.1) is 15.7 Å². The zero-order chi connectivity index (χ0) is 14.2. The number of alkyl halides is 3. The molecule has 0 aliphatic heterocycles. The van der Waals surface area contributed by atoms with Crippen molar-refractivity contribution >= 4 is 23.2 Å². The fourth-order valence-electron chi connectivity index (χ4n) is 1.67. The van der Waals surface area contributed by atoms with Crippen LogP contribution in [0.3, 0.4) is 0 Å². The van der Waals surface area contributed by atoms with E-state index in [1.165, 1.54) is 18.2 Å². The average molecular weight is 308 g/mol. The van der Waals surface area contributed by atoms with Crippen molar-refractivity contribution in [2.24, 2.45) is 0 Å². The molecule has 100 valence electrons. The fourth-order valence-corrected chi connectivity index (χ4v) is 2.07. The number of nitrogens with one attached hydrogen (secondary N) is 1. The van der Waals surface area contributed by atoms with Gasteiger partial charge in [-0.2, -0.15) is 13.2 Å². The number of aromatic amines is 1. The van der Waals surface area contributed by atoms with Crippen LogP contribution in [-0.4, -0.2) is 4.98 Å². The molecular weight excluding hydrogens is 302 g/mol. The summed E-state index contributed by atoms with van der Waals surface area (Å²) in [7, 11) is 0. The number of pyridine rings is 1. The van der Waals surface area contributed by atoms with Gasteiger partial charge in [-0.1, -0.05) is 35.3 Å². The first-order chi connectivity index (χ1) is 8.82. The lowest BCUT2D eigenvalue weighted by Crippen LogP contribution is -2.20. The summed E-state index contributed by atoms with van der Waals surface area (Å²) < 4.78 is 38.8. The zero-order valence-electron chi connectivity index (χ0n) is 9.18. The molecule has 0 spiro atoms. The molecule has 0 amide bonds. The highest BCUT2D eigenvalue weighted by molar-refractivity contribution is 6.43. The van der Waals surface area contributed by atoms with Gasteiger partial charge in [-0.3, -0.25) is 4.79 Å². The standard InChI is InChI=1S/C12H6Cl2F3NO/c13-7-3-1-2-6(10(7)14)11-9(12(15,16)17)8(19)4-5-18-11/h1-5H,(H,18,19). The van der Waals surface area contributed by atoms with Crippen molar-refractivity contribution in [3.8, 4) is 11.3 Å². The van der Waals surface area contributed by atoms with Crippen LogP contribution < -0.4 is 5.43 Å². The number of aromatic nitrogens is 1. The quantitative estimate of drug-likeness (QED) is 0.834. The first-order valence-corrected chi connectivity index (χ1v) is 5.81.